The van der Waals surface area contributed by atoms with E-state index in [9.17, 15) is 9.59 Å². The molecule has 32 heavy (non-hydrogen) atoms. The molecule has 8 nitrogen and oxygen atoms in total. The zero-order valence-corrected chi connectivity index (χ0v) is 19.8. The van der Waals surface area contributed by atoms with Crippen LogP contribution in [-0.4, -0.2) is 96.9 Å². The predicted octanol–water partition coefficient (Wildman–Crippen LogP) is 2.37. The number of hydrogen-bond acceptors (Lipinski definition) is 7. The molecule has 2 fully saturated rings. The van der Waals surface area contributed by atoms with Gasteiger partial charge < -0.3 is 19.1 Å². The summed E-state index contributed by atoms with van der Waals surface area (Å²) >= 11 is 0. The van der Waals surface area contributed by atoms with Crippen molar-refractivity contribution in [1.29, 1.82) is 0 Å². The minimum atomic E-state index is -0.547. The number of esters is 1. The van der Waals surface area contributed by atoms with E-state index in [4.69, 9.17) is 14.2 Å². The molecule has 2 aliphatic heterocycles. The first-order valence-corrected chi connectivity index (χ1v) is 11.4. The lowest BCUT2D eigenvalue weighted by atomic mass is 10.1. The van der Waals surface area contributed by atoms with Crippen LogP contribution in [0.5, 0.6) is 0 Å². The Morgan fingerprint density at radius 1 is 1.09 bits per heavy atom. The number of carbonyl (C=O) groups excluding carboxylic acids is 2. The van der Waals surface area contributed by atoms with Gasteiger partial charge in [0.1, 0.15) is 12.2 Å². The Morgan fingerprint density at radius 2 is 1.78 bits per heavy atom. The van der Waals surface area contributed by atoms with Gasteiger partial charge in [-0.3, -0.25) is 14.6 Å². The first kappa shape index (κ1) is 24.5. The predicted molar refractivity (Wildman–Crippen MR) is 121 cm³/mol. The minimum Gasteiger partial charge on any atom is -0.460 e. The second-order valence-corrected chi connectivity index (χ2v) is 9.62. The number of nitrogens with zero attached hydrogens (tertiary/aromatic N) is 3. The van der Waals surface area contributed by atoms with E-state index in [1.807, 2.05) is 58.0 Å². The van der Waals surface area contributed by atoms with E-state index < -0.39 is 5.60 Å². The molecular formula is C24H37N3O5. The number of ether oxygens (including phenoxy) is 3. The summed E-state index contributed by atoms with van der Waals surface area (Å²) < 4.78 is 16.6. The Kier molecular flexibility index (Phi) is 8.51. The summed E-state index contributed by atoms with van der Waals surface area (Å²) in [5.41, 5.74) is 0.420. The van der Waals surface area contributed by atoms with Gasteiger partial charge in [0.2, 0.25) is 0 Å². The fourth-order valence-electron chi connectivity index (χ4n) is 4.08. The largest absolute Gasteiger partial charge is 0.460 e. The van der Waals surface area contributed by atoms with Crippen LogP contribution < -0.4 is 0 Å². The summed E-state index contributed by atoms with van der Waals surface area (Å²) in [6, 6.07) is 9.63. The van der Waals surface area contributed by atoms with Crippen LogP contribution in [0, 0.1) is 0 Å². The van der Waals surface area contributed by atoms with Crippen molar-refractivity contribution in [2.45, 2.75) is 52.0 Å². The molecule has 2 aliphatic rings. The number of amides is 1. The van der Waals surface area contributed by atoms with Crippen LogP contribution in [0.3, 0.4) is 0 Å². The molecule has 2 atom stereocenters. The maximum Gasteiger partial charge on any atom is 0.410 e. The first-order chi connectivity index (χ1) is 15.2. The second-order valence-electron chi connectivity index (χ2n) is 9.62. The number of piperazine rings is 1. The van der Waals surface area contributed by atoms with Crippen LogP contribution in [0.25, 0.3) is 0 Å². The zero-order valence-electron chi connectivity index (χ0n) is 19.8. The molecule has 0 spiro atoms. The van der Waals surface area contributed by atoms with E-state index in [-0.39, 0.29) is 37.3 Å². The maximum atomic E-state index is 12.8. The van der Waals surface area contributed by atoms with Crippen LogP contribution in [0.2, 0.25) is 0 Å². The molecule has 0 radical (unpaired) electrons. The van der Waals surface area contributed by atoms with Crippen molar-refractivity contribution >= 4 is 12.1 Å². The standard InChI is InChI=1S/C24H37N3O5/c1-19-14-26(17-22(28)31-18-20-8-6-5-7-9-20)21(15-25-10-12-30-13-11-25)16-27(19)23(29)32-24(2,3)4/h5-9,19,21H,10-18H2,1-4H3. The van der Waals surface area contributed by atoms with E-state index in [2.05, 4.69) is 9.80 Å². The Labute approximate surface area is 191 Å². The summed E-state index contributed by atoms with van der Waals surface area (Å²) in [7, 11) is 0. The van der Waals surface area contributed by atoms with Crippen LogP contribution in [-0.2, 0) is 25.6 Å². The maximum absolute atomic E-state index is 12.8. The smallest absolute Gasteiger partial charge is 0.410 e. The van der Waals surface area contributed by atoms with Crippen molar-refractivity contribution < 1.29 is 23.8 Å². The summed E-state index contributed by atoms with van der Waals surface area (Å²) in [6.45, 7) is 13.1. The van der Waals surface area contributed by atoms with E-state index in [1.54, 1.807) is 4.90 Å². The SMILES string of the molecule is CC1CN(CC(=O)OCc2ccccc2)C(CN2CCOCC2)CN1C(=O)OC(C)(C)C. The molecule has 2 saturated heterocycles. The van der Waals surface area contributed by atoms with Crippen molar-refractivity contribution in [2.24, 2.45) is 0 Å². The zero-order chi connectivity index (χ0) is 23.1. The van der Waals surface area contributed by atoms with Crippen molar-refractivity contribution in [3.63, 3.8) is 0 Å². The van der Waals surface area contributed by atoms with Gasteiger partial charge in [-0.25, -0.2) is 4.79 Å². The third-order valence-corrected chi connectivity index (χ3v) is 5.73. The quantitative estimate of drug-likeness (QED) is 0.620. The number of carbonyl (C=O) groups is 2. The average molecular weight is 448 g/mol. The fourth-order valence-corrected chi connectivity index (χ4v) is 4.08. The number of morpholine rings is 1. The van der Waals surface area contributed by atoms with Gasteiger partial charge in [-0.15, -0.1) is 0 Å². The van der Waals surface area contributed by atoms with Gasteiger partial charge in [0.15, 0.2) is 0 Å². The molecule has 178 valence electrons. The molecule has 1 aromatic carbocycles. The van der Waals surface area contributed by atoms with Crippen molar-refractivity contribution in [2.75, 3.05) is 52.5 Å². The molecule has 2 unspecified atom stereocenters. The summed E-state index contributed by atoms with van der Waals surface area (Å²) in [4.78, 5) is 31.7. The van der Waals surface area contributed by atoms with E-state index in [1.165, 1.54) is 0 Å². The highest BCUT2D eigenvalue weighted by Crippen LogP contribution is 2.20. The molecule has 8 heteroatoms. The molecule has 1 aromatic rings. The summed E-state index contributed by atoms with van der Waals surface area (Å²) in [5.74, 6) is -0.251. The second kappa shape index (κ2) is 11.1. The third-order valence-electron chi connectivity index (χ3n) is 5.73. The van der Waals surface area contributed by atoms with E-state index in [0.29, 0.717) is 26.3 Å². The Balaban J connectivity index is 1.64. The van der Waals surface area contributed by atoms with Gasteiger partial charge in [0, 0.05) is 44.8 Å². The molecule has 0 aromatic heterocycles. The lowest BCUT2D eigenvalue weighted by molar-refractivity contribution is -0.148. The Morgan fingerprint density at radius 3 is 2.44 bits per heavy atom. The van der Waals surface area contributed by atoms with Crippen LogP contribution in [0.15, 0.2) is 30.3 Å². The van der Waals surface area contributed by atoms with E-state index in [0.717, 1.165) is 25.2 Å². The lowest BCUT2D eigenvalue weighted by Crippen LogP contribution is -2.63. The van der Waals surface area contributed by atoms with Gasteiger partial charge in [-0.2, -0.15) is 0 Å². The molecule has 3 rings (SSSR count). The molecular weight excluding hydrogens is 410 g/mol. The highest BCUT2D eigenvalue weighted by Gasteiger charge is 2.38. The topological polar surface area (TPSA) is 71.6 Å². The molecule has 0 bridgehead atoms. The van der Waals surface area contributed by atoms with E-state index >= 15 is 0 Å². The highest BCUT2D eigenvalue weighted by atomic mass is 16.6. The van der Waals surface area contributed by atoms with Gasteiger partial charge in [0.05, 0.1) is 19.8 Å². The van der Waals surface area contributed by atoms with Gasteiger partial charge >= 0.3 is 12.1 Å². The van der Waals surface area contributed by atoms with Crippen molar-refractivity contribution in [3.05, 3.63) is 35.9 Å². The molecule has 1 amide bonds. The van der Waals surface area contributed by atoms with Crippen LogP contribution in [0.1, 0.15) is 33.3 Å². The van der Waals surface area contributed by atoms with Crippen molar-refractivity contribution in [1.82, 2.24) is 14.7 Å². The first-order valence-electron chi connectivity index (χ1n) is 11.4. The minimum absolute atomic E-state index is 0.0149. The van der Waals surface area contributed by atoms with Crippen LogP contribution in [0.4, 0.5) is 4.79 Å². The highest BCUT2D eigenvalue weighted by molar-refractivity contribution is 5.72. The van der Waals surface area contributed by atoms with Gasteiger partial charge in [-0.05, 0) is 33.3 Å². The van der Waals surface area contributed by atoms with Crippen LogP contribution >= 0.6 is 0 Å². The summed E-state index contributed by atoms with van der Waals surface area (Å²) in [5, 5.41) is 0. The number of rotatable bonds is 6. The normalized spacial score (nSPS) is 23.1. The number of hydrogen-bond donors (Lipinski definition) is 0. The third kappa shape index (κ3) is 7.46. The monoisotopic (exact) mass is 447 g/mol. The molecule has 0 N–H and O–H groups in total. The molecule has 2 heterocycles. The molecule has 0 aliphatic carbocycles. The van der Waals surface area contributed by atoms with Gasteiger partial charge in [-0.1, -0.05) is 30.3 Å². The fraction of sp³-hybridized carbons (Fsp3) is 0.667. The lowest BCUT2D eigenvalue weighted by Gasteiger charge is -2.46. The summed E-state index contributed by atoms with van der Waals surface area (Å²) in [6.07, 6.45) is -0.303. The average Bonchev–Trinajstić information content (AvgIpc) is 2.74. The number of benzene rings is 1. The Hall–Kier alpha value is -2.16. The van der Waals surface area contributed by atoms with Crippen molar-refractivity contribution in [3.8, 4) is 0 Å². The molecule has 0 saturated carbocycles. The van der Waals surface area contributed by atoms with Gasteiger partial charge in [0.25, 0.3) is 0 Å². The Bertz CT molecular complexity index is 746.